The molecule has 2 rings (SSSR count). The number of hydrogen-bond acceptors (Lipinski definition) is 2. The van der Waals surface area contributed by atoms with E-state index in [0.29, 0.717) is 6.04 Å². The molecule has 2 nitrogen and oxygen atoms in total. The number of ether oxygens (including phenoxy) is 1. The Hall–Kier alpha value is -0.860. The van der Waals surface area contributed by atoms with Gasteiger partial charge in [0.25, 0.3) is 0 Å². The van der Waals surface area contributed by atoms with Crippen LogP contribution in [0.1, 0.15) is 32.4 Å². The lowest BCUT2D eigenvalue weighted by Crippen LogP contribution is -2.51. The summed E-state index contributed by atoms with van der Waals surface area (Å²) < 4.78 is 6.11. The van der Waals surface area contributed by atoms with Gasteiger partial charge in [-0.25, -0.2) is 0 Å². The Kier molecular flexibility index (Phi) is 2.81. The van der Waals surface area contributed by atoms with Gasteiger partial charge in [-0.05, 0) is 26.3 Å². The van der Waals surface area contributed by atoms with Gasteiger partial charge in [-0.2, -0.15) is 0 Å². The quantitative estimate of drug-likeness (QED) is 0.760. The van der Waals surface area contributed by atoms with Gasteiger partial charge in [0.1, 0.15) is 0 Å². The molecule has 1 fully saturated rings. The molecule has 82 valence electrons. The predicted molar refractivity (Wildman–Crippen MR) is 61.8 cm³/mol. The summed E-state index contributed by atoms with van der Waals surface area (Å²) in [4.78, 5) is 0. The number of hydrogen-bond donors (Lipinski definition) is 1. The van der Waals surface area contributed by atoms with E-state index in [2.05, 4.69) is 50.4 Å². The molecule has 2 heteroatoms. The van der Waals surface area contributed by atoms with Crippen LogP contribution in [0.25, 0.3) is 0 Å². The third-order valence-corrected chi connectivity index (χ3v) is 2.88. The zero-order valence-corrected chi connectivity index (χ0v) is 9.66. The zero-order chi connectivity index (χ0) is 10.9. The van der Waals surface area contributed by atoms with Gasteiger partial charge in [-0.15, -0.1) is 0 Å². The average molecular weight is 205 g/mol. The van der Waals surface area contributed by atoms with Crippen LogP contribution in [-0.2, 0) is 4.74 Å². The predicted octanol–water partition coefficient (Wildman–Crippen LogP) is 2.51. The number of morpholine rings is 1. The molecule has 1 aliphatic heterocycles. The lowest BCUT2D eigenvalue weighted by molar-refractivity contribution is -0.114. The molecule has 1 heterocycles. The van der Waals surface area contributed by atoms with E-state index >= 15 is 0 Å². The fourth-order valence-electron chi connectivity index (χ4n) is 2.00. The molecule has 0 saturated carbocycles. The number of rotatable bonds is 1. The molecule has 1 aromatic rings. The van der Waals surface area contributed by atoms with E-state index in [0.717, 1.165) is 6.54 Å². The molecule has 0 spiro atoms. The van der Waals surface area contributed by atoms with E-state index in [-0.39, 0.29) is 11.7 Å². The Morgan fingerprint density at radius 3 is 2.60 bits per heavy atom. The molecule has 0 bridgehead atoms. The first-order chi connectivity index (χ1) is 7.08. The minimum Gasteiger partial charge on any atom is -0.365 e. The van der Waals surface area contributed by atoms with Crippen LogP contribution in [0.3, 0.4) is 0 Å². The molecule has 0 aromatic heterocycles. The fourth-order valence-corrected chi connectivity index (χ4v) is 2.00. The molecule has 0 aliphatic carbocycles. The van der Waals surface area contributed by atoms with Crippen LogP contribution in [-0.4, -0.2) is 18.2 Å². The van der Waals surface area contributed by atoms with Gasteiger partial charge in [-0.1, -0.05) is 30.3 Å². The molecule has 1 N–H and O–H groups in total. The molecule has 0 amide bonds. The maximum absolute atomic E-state index is 6.11. The molecule has 1 saturated heterocycles. The molecule has 15 heavy (non-hydrogen) atoms. The van der Waals surface area contributed by atoms with Crippen LogP contribution in [0.15, 0.2) is 30.3 Å². The van der Waals surface area contributed by atoms with Crippen molar-refractivity contribution in [1.82, 2.24) is 5.32 Å². The maximum atomic E-state index is 6.11. The minimum absolute atomic E-state index is 0.0764. The van der Waals surface area contributed by atoms with Crippen molar-refractivity contribution in [1.29, 1.82) is 0 Å². The highest BCUT2D eigenvalue weighted by molar-refractivity contribution is 5.20. The van der Waals surface area contributed by atoms with Crippen LogP contribution in [0.5, 0.6) is 0 Å². The second-order valence-electron chi connectivity index (χ2n) is 4.88. The van der Waals surface area contributed by atoms with Crippen LogP contribution in [0.2, 0.25) is 0 Å². The normalized spacial score (nSPS) is 30.1. The summed E-state index contributed by atoms with van der Waals surface area (Å²) in [6, 6.07) is 10.8. The van der Waals surface area contributed by atoms with E-state index in [1.54, 1.807) is 0 Å². The summed E-state index contributed by atoms with van der Waals surface area (Å²) in [7, 11) is 0. The van der Waals surface area contributed by atoms with Crippen LogP contribution < -0.4 is 5.32 Å². The van der Waals surface area contributed by atoms with Crippen LogP contribution in [0.4, 0.5) is 0 Å². The van der Waals surface area contributed by atoms with Crippen molar-refractivity contribution in [3.05, 3.63) is 35.9 Å². The Labute approximate surface area is 91.6 Å². The smallest absolute Gasteiger partial charge is 0.0983 e. The van der Waals surface area contributed by atoms with Crippen molar-refractivity contribution < 1.29 is 4.74 Å². The fraction of sp³-hybridized carbons (Fsp3) is 0.538. The van der Waals surface area contributed by atoms with E-state index in [9.17, 15) is 0 Å². The van der Waals surface area contributed by atoms with Crippen LogP contribution in [0, 0.1) is 0 Å². The highest BCUT2D eigenvalue weighted by Gasteiger charge is 2.33. The first-order valence-electron chi connectivity index (χ1n) is 5.55. The summed E-state index contributed by atoms with van der Waals surface area (Å²) >= 11 is 0. The molecule has 2 atom stereocenters. The molecule has 0 radical (unpaired) electrons. The van der Waals surface area contributed by atoms with Gasteiger partial charge < -0.3 is 10.1 Å². The number of nitrogens with one attached hydrogen (secondary N) is 1. The third kappa shape index (κ3) is 2.39. The maximum Gasteiger partial charge on any atom is 0.0983 e. The van der Waals surface area contributed by atoms with E-state index in [1.807, 2.05) is 6.07 Å². The van der Waals surface area contributed by atoms with Crippen molar-refractivity contribution in [2.24, 2.45) is 0 Å². The highest BCUT2D eigenvalue weighted by Crippen LogP contribution is 2.30. The molecular weight excluding hydrogens is 186 g/mol. The first-order valence-corrected chi connectivity index (χ1v) is 5.55. The van der Waals surface area contributed by atoms with Gasteiger partial charge in [-0.3, -0.25) is 0 Å². The summed E-state index contributed by atoms with van der Waals surface area (Å²) in [6.07, 6.45) is 0.162. The molecule has 1 aromatic carbocycles. The molecular formula is C13H19NO. The largest absolute Gasteiger partial charge is 0.365 e. The lowest BCUT2D eigenvalue weighted by Gasteiger charge is -2.41. The zero-order valence-electron chi connectivity index (χ0n) is 9.66. The summed E-state index contributed by atoms with van der Waals surface area (Å²) in [6.45, 7) is 7.34. The second kappa shape index (κ2) is 3.95. The second-order valence-corrected chi connectivity index (χ2v) is 4.88. The van der Waals surface area contributed by atoms with Gasteiger partial charge in [0.2, 0.25) is 0 Å². The summed E-state index contributed by atoms with van der Waals surface area (Å²) in [5.74, 6) is 0. The van der Waals surface area contributed by atoms with E-state index in [1.165, 1.54) is 5.56 Å². The monoisotopic (exact) mass is 205 g/mol. The van der Waals surface area contributed by atoms with Crippen molar-refractivity contribution in [2.75, 3.05) is 6.54 Å². The standard InChI is InChI=1S/C13H19NO/c1-10-12(11-7-5-4-6-8-11)15-13(2,3)9-14-10/h4-8,10,12,14H,9H2,1-3H3. The number of benzene rings is 1. The minimum atomic E-state index is -0.0764. The first kappa shape index (κ1) is 10.7. The summed E-state index contributed by atoms with van der Waals surface area (Å²) in [5.41, 5.74) is 1.18. The Morgan fingerprint density at radius 1 is 1.27 bits per heavy atom. The van der Waals surface area contributed by atoms with E-state index < -0.39 is 0 Å². The molecule has 2 unspecified atom stereocenters. The molecule has 1 aliphatic rings. The Balaban J connectivity index is 2.20. The Morgan fingerprint density at radius 2 is 1.93 bits per heavy atom. The lowest BCUT2D eigenvalue weighted by atomic mass is 9.97. The van der Waals surface area contributed by atoms with Gasteiger partial charge in [0.15, 0.2) is 0 Å². The topological polar surface area (TPSA) is 21.3 Å². The van der Waals surface area contributed by atoms with Gasteiger partial charge >= 0.3 is 0 Å². The van der Waals surface area contributed by atoms with E-state index in [4.69, 9.17) is 4.74 Å². The van der Waals surface area contributed by atoms with Crippen molar-refractivity contribution in [3.63, 3.8) is 0 Å². The van der Waals surface area contributed by atoms with Crippen molar-refractivity contribution >= 4 is 0 Å². The SMILES string of the molecule is CC1NCC(C)(C)OC1c1ccccc1. The van der Waals surface area contributed by atoms with Crippen LogP contribution >= 0.6 is 0 Å². The average Bonchev–Trinajstić information content (AvgIpc) is 2.23. The van der Waals surface area contributed by atoms with Gasteiger partial charge in [0.05, 0.1) is 11.7 Å². The third-order valence-electron chi connectivity index (χ3n) is 2.88. The van der Waals surface area contributed by atoms with Crippen molar-refractivity contribution in [2.45, 2.75) is 38.5 Å². The highest BCUT2D eigenvalue weighted by atomic mass is 16.5. The Bertz CT molecular complexity index is 321. The van der Waals surface area contributed by atoms with Gasteiger partial charge in [0, 0.05) is 12.6 Å². The van der Waals surface area contributed by atoms with Crippen molar-refractivity contribution in [3.8, 4) is 0 Å². The summed E-state index contributed by atoms with van der Waals surface area (Å²) in [5, 5.41) is 3.50.